The van der Waals surface area contributed by atoms with Crippen molar-refractivity contribution in [3.63, 3.8) is 0 Å². The van der Waals surface area contributed by atoms with Crippen molar-refractivity contribution in [2.75, 3.05) is 0 Å². The predicted octanol–water partition coefficient (Wildman–Crippen LogP) is 5.42. The number of rotatable bonds is 8. The third-order valence-corrected chi connectivity index (χ3v) is 6.55. The Morgan fingerprint density at radius 1 is 1.25 bits per heavy atom. The van der Waals surface area contributed by atoms with Crippen LogP contribution in [0.3, 0.4) is 0 Å². The van der Waals surface area contributed by atoms with Crippen molar-refractivity contribution in [1.82, 2.24) is 10.3 Å². The molecule has 1 aromatic heterocycles. The number of aldehydes is 1. The monoisotopic (exact) mass is 453 g/mol. The normalized spacial score (nSPS) is 20.5. The summed E-state index contributed by atoms with van der Waals surface area (Å²) in [7, 11) is 0. The predicted molar refractivity (Wildman–Crippen MR) is 124 cm³/mol. The number of aryl methyl sites for hydroxylation is 1. The molecular formula is C25H28ClN3O3. The second-order valence-corrected chi connectivity index (χ2v) is 9.78. The summed E-state index contributed by atoms with van der Waals surface area (Å²) in [5, 5.41) is 3.52. The van der Waals surface area contributed by atoms with Gasteiger partial charge in [0.25, 0.3) is 5.91 Å². The van der Waals surface area contributed by atoms with Crippen LogP contribution in [0.4, 0.5) is 5.69 Å². The van der Waals surface area contributed by atoms with Crippen LogP contribution in [-0.2, 0) is 11.2 Å². The highest BCUT2D eigenvalue weighted by Gasteiger charge is 2.64. The number of pyridine rings is 1. The Hall–Kier alpha value is -2.91. The molecule has 2 aromatic rings. The van der Waals surface area contributed by atoms with Gasteiger partial charge in [-0.1, -0.05) is 45.4 Å². The minimum atomic E-state index is -0.327. The van der Waals surface area contributed by atoms with Gasteiger partial charge < -0.3 is 14.8 Å². The van der Waals surface area contributed by atoms with Gasteiger partial charge in [0.15, 0.2) is 0 Å². The largest absolute Gasteiger partial charge is 0.489 e. The summed E-state index contributed by atoms with van der Waals surface area (Å²) in [6, 6.07) is 8.55. The van der Waals surface area contributed by atoms with Crippen LogP contribution in [0.1, 0.15) is 56.6 Å². The second kappa shape index (κ2) is 9.30. The molecule has 1 aliphatic carbocycles. The van der Waals surface area contributed by atoms with Crippen LogP contribution >= 0.6 is 11.6 Å². The van der Waals surface area contributed by atoms with Crippen molar-refractivity contribution in [2.45, 2.75) is 59.1 Å². The number of amides is 1. The second-order valence-electron chi connectivity index (χ2n) is 9.37. The molecule has 0 atom stereocenters. The Morgan fingerprint density at radius 2 is 1.97 bits per heavy atom. The number of aromatic nitrogens is 1. The van der Waals surface area contributed by atoms with Crippen LogP contribution in [0.5, 0.6) is 5.75 Å². The van der Waals surface area contributed by atoms with E-state index in [1.54, 1.807) is 30.5 Å². The summed E-state index contributed by atoms with van der Waals surface area (Å²) in [5.41, 5.74) is 1.10. The number of unbranched alkanes of at least 4 members (excludes halogenated alkanes) is 1. The van der Waals surface area contributed by atoms with Crippen LogP contribution < -0.4 is 10.1 Å². The van der Waals surface area contributed by atoms with Gasteiger partial charge in [-0.05, 0) is 37.1 Å². The molecule has 7 heteroatoms. The molecule has 1 aliphatic rings. The maximum atomic E-state index is 12.9. The first-order chi connectivity index (χ1) is 15.1. The highest BCUT2D eigenvalue weighted by Crippen LogP contribution is 2.55. The van der Waals surface area contributed by atoms with E-state index >= 15 is 0 Å². The van der Waals surface area contributed by atoms with Crippen molar-refractivity contribution >= 4 is 29.5 Å². The van der Waals surface area contributed by atoms with Crippen molar-refractivity contribution in [3.05, 3.63) is 64.2 Å². The van der Waals surface area contributed by atoms with E-state index in [9.17, 15) is 9.59 Å². The fraction of sp³-hybridized carbons (Fsp3) is 0.440. The number of nitrogens with zero attached hydrogens (tertiary/aromatic N) is 2. The molecule has 6 nitrogen and oxygen atoms in total. The van der Waals surface area contributed by atoms with Crippen molar-refractivity contribution in [1.29, 1.82) is 0 Å². The van der Waals surface area contributed by atoms with Gasteiger partial charge in [-0.2, -0.15) is 0 Å². The lowest BCUT2D eigenvalue weighted by atomic mass is 9.49. The lowest BCUT2D eigenvalue weighted by Crippen LogP contribution is -2.74. The summed E-state index contributed by atoms with van der Waals surface area (Å²) in [6.45, 7) is 15.4. The van der Waals surface area contributed by atoms with E-state index in [4.69, 9.17) is 22.9 Å². The van der Waals surface area contributed by atoms with Crippen molar-refractivity contribution < 1.29 is 14.3 Å². The molecule has 0 spiro atoms. The van der Waals surface area contributed by atoms with Crippen LogP contribution in [0.15, 0.2) is 36.5 Å². The van der Waals surface area contributed by atoms with Gasteiger partial charge in [0.05, 0.1) is 17.2 Å². The topological polar surface area (TPSA) is 72.7 Å². The first-order valence-corrected chi connectivity index (χ1v) is 11.0. The smallest absolute Gasteiger partial charge is 0.253 e. The standard InChI is InChI=1S/C25H28ClN3O3/c1-24(2)22(29-21(31)16-9-10-17(28-15-16)8-6-7-13-30)25(3,4)23(24)32-18-11-12-20(27-5)19(26)14-18/h9-15,22-23H,6-8H2,1-4H3,(H,29,31). The number of carbonyl (C=O) groups excluding carboxylic acids is 2. The molecule has 1 heterocycles. The maximum Gasteiger partial charge on any atom is 0.253 e. The molecule has 0 unspecified atom stereocenters. The molecule has 0 bridgehead atoms. The van der Waals surface area contributed by atoms with Gasteiger partial charge in [0.2, 0.25) is 5.69 Å². The number of carbonyl (C=O) groups is 2. The Balaban J connectivity index is 1.67. The molecule has 168 valence electrons. The zero-order chi connectivity index (χ0) is 23.5. The van der Waals surface area contributed by atoms with Gasteiger partial charge in [-0.25, -0.2) is 4.85 Å². The van der Waals surface area contributed by atoms with Crippen LogP contribution in [-0.4, -0.2) is 29.3 Å². The van der Waals surface area contributed by atoms with E-state index in [2.05, 4.69) is 42.8 Å². The summed E-state index contributed by atoms with van der Waals surface area (Å²) in [6.07, 6.45) is 4.29. The Bertz CT molecular complexity index is 1030. The van der Waals surface area contributed by atoms with E-state index in [-0.39, 0.29) is 28.9 Å². The zero-order valence-electron chi connectivity index (χ0n) is 18.8. The van der Waals surface area contributed by atoms with Crippen LogP contribution in [0.25, 0.3) is 4.85 Å². The van der Waals surface area contributed by atoms with Gasteiger partial charge in [0, 0.05) is 35.2 Å². The third kappa shape index (κ3) is 4.63. The van der Waals surface area contributed by atoms with Crippen molar-refractivity contribution in [2.24, 2.45) is 10.8 Å². The van der Waals surface area contributed by atoms with E-state index < -0.39 is 0 Å². The summed E-state index contributed by atoms with van der Waals surface area (Å²) >= 11 is 6.16. The quantitative estimate of drug-likeness (QED) is 0.329. The van der Waals surface area contributed by atoms with Crippen LogP contribution in [0, 0.1) is 17.4 Å². The van der Waals surface area contributed by atoms with Gasteiger partial charge in [-0.3, -0.25) is 9.78 Å². The molecule has 0 radical (unpaired) electrons. The van der Waals surface area contributed by atoms with Gasteiger partial charge in [-0.15, -0.1) is 0 Å². The Morgan fingerprint density at radius 3 is 2.53 bits per heavy atom. The lowest BCUT2D eigenvalue weighted by molar-refractivity contribution is -0.164. The summed E-state index contributed by atoms with van der Waals surface area (Å²) in [4.78, 5) is 31.1. The number of nitrogens with one attached hydrogen (secondary N) is 1. The number of hydrogen-bond donors (Lipinski definition) is 1. The molecule has 0 aliphatic heterocycles. The molecule has 0 saturated heterocycles. The highest BCUT2D eigenvalue weighted by molar-refractivity contribution is 6.33. The van der Waals surface area contributed by atoms with Crippen molar-refractivity contribution in [3.8, 4) is 5.75 Å². The lowest BCUT2D eigenvalue weighted by Gasteiger charge is -2.63. The van der Waals surface area contributed by atoms with E-state index in [0.29, 0.717) is 34.9 Å². The minimum Gasteiger partial charge on any atom is -0.489 e. The summed E-state index contributed by atoms with van der Waals surface area (Å²) < 4.78 is 6.27. The number of ether oxygens (including phenoxy) is 1. The molecular weight excluding hydrogens is 426 g/mol. The number of benzene rings is 1. The molecule has 1 N–H and O–H groups in total. The Labute approximate surface area is 194 Å². The molecule has 1 saturated carbocycles. The maximum absolute atomic E-state index is 12.9. The SMILES string of the molecule is [C-]#[N+]c1ccc(OC2C(C)(C)C(NC(=O)c3ccc(CCCC=O)nc3)C2(C)C)cc1Cl. The number of hydrogen-bond acceptors (Lipinski definition) is 4. The first kappa shape index (κ1) is 23.7. The average molecular weight is 454 g/mol. The minimum absolute atomic E-state index is 0.113. The molecule has 1 fully saturated rings. The van der Waals surface area contributed by atoms with Gasteiger partial charge >= 0.3 is 0 Å². The third-order valence-electron chi connectivity index (χ3n) is 6.25. The van der Waals surface area contributed by atoms with E-state index in [1.165, 1.54) is 0 Å². The fourth-order valence-electron chi connectivity index (χ4n) is 4.88. The molecule has 1 aromatic carbocycles. The van der Waals surface area contributed by atoms with Gasteiger partial charge in [0.1, 0.15) is 18.1 Å². The molecule has 32 heavy (non-hydrogen) atoms. The van der Waals surface area contributed by atoms with E-state index in [0.717, 1.165) is 18.4 Å². The number of halogens is 1. The first-order valence-electron chi connectivity index (χ1n) is 10.6. The molecule has 3 rings (SSSR count). The van der Waals surface area contributed by atoms with Crippen LogP contribution in [0.2, 0.25) is 5.02 Å². The summed E-state index contributed by atoms with van der Waals surface area (Å²) in [5.74, 6) is 0.429. The average Bonchev–Trinajstić information content (AvgIpc) is 2.76. The Kier molecular flexibility index (Phi) is 6.90. The highest BCUT2D eigenvalue weighted by atomic mass is 35.5. The molecule has 1 amide bonds. The van der Waals surface area contributed by atoms with E-state index in [1.807, 2.05) is 6.07 Å². The zero-order valence-corrected chi connectivity index (χ0v) is 19.6. The fourth-order valence-corrected chi connectivity index (χ4v) is 5.09.